The Kier molecular flexibility index (Phi) is 1.56. The van der Waals surface area contributed by atoms with Gasteiger partial charge in [-0.2, -0.15) is 5.26 Å². The summed E-state index contributed by atoms with van der Waals surface area (Å²) < 4.78 is 18.0. The molecule has 12 heavy (non-hydrogen) atoms. The maximum absolute atomic E-state index is 13.1. The topological polar surface area (TPSA) is 36.3 Å². The van der Waals surface area contributed by atoms with Crippen LogP contribution >= 0.6 is 0 Å². The van der Waals surface area contributed by atoms with Crippen molar-refractivity contribution in [3.8, 4) is 6.07 Å². The van der Waals surface area contributed by atoms with Crippen molar-refractivity contribution in [3.05, 3.63) is 35.1 Å². The van der Waals surface area contributed by atoms with Gasteiger partial charge in [-0.25, -0.2) is 4.39 Å². The van der Waals surface area contributed by atoms with Gasteiger partial charge in [-0.1, -0.05) is 6.07 Å². The summed E-state index contributed by atoms with van der Waals surface area (Å²) in [7, 11) is 0. The summed E-state index contributed by atoms with van der Waals surface area (Å²) in [6, 6.07) is 6.31. The van der Waals surface area contributed by atoms with Crippen LogP contribution in [0.4, 0.5) is 4.39 Å². The number of halogens is 1. The Labute approximate surface area is 69.2 Å². The van der Waals surface area contributed by atoms with E-state index in [0.29, 0.717) is 17.7 Å². The van der Waals surface area contributed by atoms with E-state index < -0.39 is 0 Å². The van der Waals surface area contributed by atoms with Crippen molar-refractivity contribution in [2.45, 2.75) is 6.10 Å². The molecule has 0 spiro atoms. The first-order valence-electron chi connectivity index (χ1n) is 3.62. The van der Waals surface area contributed by atoms with E-state index in [4.69, 9.17) is 10.00 Å². The lowest BCUT2D eigenvalue weighted by atomic mass is 10.1. The molecule has 0 saturated carbocycles. The van der Waals surface area contributed by atoms with E-state index in [1.807, 2.05) is 6.07 Å². The summed E-state index contributed by atoms with van der Waals surface area (Å²) in [6.45, 7) is 0.586. The molecule has 1 saturated heterocycles. The number of hydrogen-bond donors (Lipinski definition) is 0. The molecule has 2 rings (SSSR count). The standard InChI is InChI=1S/C9H6FNO/c10-8-3-6(4-11)1-2-7(8)9-5-12-9/h1-3,9H,5H2/t9-/m1/s1. The van der Waals surface area contributed by atoms with Gasteiger partial charge in [-0.05, 0) is 12.1 Å². The van der Waals surface area contributed by atoms with Gasteiger partial charge in [0.2, 0.25) is 0 Å². The Morgan fingerprint density at radius 2 is 2.33 bits per heavy atom. The maximum atomic E-state index is 13.1. The molecule has 1 atom stereocenters. The molecule has 0 radical (unpaired) electrons. The van der Waals surface area contributed by atoms with E-state index in [9.17, 15) is 4.39 Å². The molecule has 0 amide bonds. The fourth-order valence-electron chi connectivity index (χ4n) is 1.09. The fourth-order valence-corrected chi connectivity index (χ4v) is 1.09. The van der Waals surface area contributed by atoms with Crippen LogP contribution in [0, 0.1) is 17.1 Å². The number of nitrogens with zero attached hydrogens (tertiary/aromatic N) is 1. The quantitative estimate of drug-likeness (QED) is 0.591. The average Bonchev–Trinajstić information content (AvgIpc) is 2.87. The van der Waals surface area contributed by atoms with Crippen molar-refractivity contribution >= 4 is 0 Å². The van der Waals surface area contributed by atoms with Gasteiger partial charge < -0.3 is 4.74 Å². The van der Waals surface area contributed by atoms with Gasteiger partial charge >= 0.3 is 0 Å². The predicted molar refractivity (Wildman–Crippen MR) is 39.8 cm³/mol. The number of hydrogen-bond acceptors (Lipinski definition) is 2. The van der Waals surface area contributed by atoms with Gasteiger partial charge in [0.25, 0.3) is 0 Å². The molecule has 3 heteroatoms. The monoisotopic (exact) mass is 163 g/mol. The van der Waals surface area contributed by atoms with Crippen LogP contribution in [0.2, 0.25) is 0 Å². The van der Waals surface area contributed by atoms with E-state index in [1.165, 1.54) is 6.07 Å². The molecular weight excluding hydrogens is 157 g/mol. The molecule has 2 nitrogen and oxygen atoms in total. The highest BCUT2D eigenvalue weighted by Gasteiger charge is 2.27. The highest BCUT2D eigenvalue weighted by atomic mass is 19.1. The lowest BCUT2D eigenvalue weighted by Gasteiger charge is -1.97. The van der Waals surface area contributed by atoms with E-state index >= 15 is 0 Å². The zero-order chi connectivity index (χ0) is 8.55. The van der Waals surface area contributed by atoms with Crippen molar-refractivity contribution in [2.75, 3.05) is 6.61 Å². The van der Waals surface area contributed by atoms with Crippen molar-refractivity contribution in [2.24, 2.45) is 0 Å². The number of rotatable bonds is 1. The van der Waals surface area contributed by atoms with Gasteiger partial charge in [0.1, 0.15) is 11.9 Å². The molecule has 0 N–H and O–H groups in total. The zero-order valence-corrected chi connectivity index (χ0v) is 6.25. The Bertz CT molecular complexity index is 352. The van der Waals surface area contributed by atoms with Gasteiger partial charge in [-0.15, -0.1) is 0 Å². The molecule has 0 aliphatic carbocycles. The third-order valence-corrected chi connectivity index (χ3v) is 1.81. The highest BCUT2D eigenvalue weighted by molar-refractivity contribution is 5.34. The van der Waals surface area contributed by atoms with Gasteiger partial charge in [0, 0.05) is 5.56 Å². The minimum Gasteiger partial charge on any atom is -0.368 e. The smallest absolute Gasteiger partial charge is 0.130 e. The lowest BCUT2D eigenvalue weighted by molar-refractivity contribution is 0.408. The summed E-state index contributed by atoms with van der Waals surface area (Å²) in [5.74, 6) is -0.350. The summed E-state index contributed by atoms with van der Waals surface area (Å²) >= 11 is 0. The molecule has 1 heterocycles. The normalized spacial score (nSPS) is 20.2. The number of ether oxygens (including phenoxy) is 1. The van der Waals surface area contributed by atoms with Crippen LogP contribution < -0.4 is 0 Å². The van der Waals surface area contributed by atoms with E-state index in [2.05, 4.69) is 0 Å². The molecule has 1 aliphatic heterocycles. The largest absolute Gasteiger partial charge is 0.368 e. The molecule has 1 fully saturated rings. The SMILES string of the molecule is N#Cc1ccc([C@H]2CO2)c(F)c1. The van der Waals surface area contributed by atoms with Crippen LogP contribution in [-0.2, 0) is 4.74 Å². The predicted octanol–water partition coefficient (Wildman–Crippen LogP) is 1.77. The third-order valence-electron chi connectivity index (χ3n) is 1.81. The minimum atomic E-state index is -0.350. The molecule has 1 aromatic rings. The minimum absolute atomic E-state index is 0.0854. The van der Waals surface area contributed by atoms with Crippen molar-refractivity contribution in [1.82, 2.24) is 0 Å². The van der Waals surface area contributed by atoms with Crippen LogP contribution in [-0.4, -0.2) is 6.61 Å². The number of benzene rings is 1. The maximum Gasteiger partial charge on any atom is 0.130 e. The summed E-state index contributed by atoms with van der Waals surface area (Å²) in [4.78, 5) is 0. The Morgan fingerprint density at radius 1 is 1.58 bits per heavy atom. The molecule has 60 valence electrons. The molecular formula is C9H6FNO. The highest BCUT2D eigenvalue weighted by Crippen LogP contribution is 2.31. The van der Waals surface area contributed by atoms with Crippen LogP contribution in [0.1, 0.15) is 17.2 Å². The molecule has 0 unspecified atom stereocenters. The van der Waals surface area contributed by atoms with Gasteiger partial charge in [0.05, 0.1) is 18.2 Å². The Morgan fingerprint density at radius 3 is 2.83 bits per heavy atom. The van der Waals surface area contributed by atoms with Gasteiger partial charge in [-0.3, -0.25) is 0 Å². The Balaban J connectivity index is 2.40. The molecule has 0 aromatic heterocycles. The fraction of sp³-hybridized carbons (Fsp3) is 0.222. The number of epoxide rings is 1. The van der Waals surface area contributed by atoms with Crippen LogP contribution in [0.3, 0.4) is 0 Å². The summed E-state index contributed by atoms with van der Waals surface area (Å²) in [5, 5.41) is 8.46. The van der Waals surface area contributed by atoms with Crippen LogP contribution in [0.25, 0.3) is 0 Å². The van der Waals surface area contributed by atoms with Crippen LogP contribution in [0.5, 0.6) is 0 Å². The summed E-state index contributed by atoms with van der Waals surface area (Å²) in [5.41, 5.74) is 0.894. The second kappa shape index (κ2) is 2.58. The first kappa shape index (κ1) is 7.26. The van der Waals surface area contributed by atoms with Gasteiger partial charge in [0.15, 0.2) is 0 Å². The molecule has 1 aliphatic rings. The van der Waals surface area contributed by atoms with E-state index in [-0.39, 0.29) is 11.9 Å². The van der Waals surface area contributed by atoms with Crippen molar-refractivity contribution in [1.29, 1.82) is 5.26 Å². The zero-order valence-electron chi connectivity index (χ0n) is 6.25. The van der Waals surface area contributed by atoms with Crippen molar-refractivity contribution < 1.29 is 9.13 Å². The third kappa shape index (κ3) is 1.17. The Hall–Kier alpha value is -1.40. The van der Waals surface area contributed by atoms with Crippen LogP contribution in [0.15, 0.2) is 18.2 Å². The molecule has 1 aromatic carbocycles. The first-order chi connectivity index (χ1) is 5.81. The summed E-state index contributed by atoms with van der Waals surface area (Å²) in [6.07, 6.45) is -0.0854. The molecule has 0 bridgehead atoms. The first-order valence-corrected chi connectivity index (χ1v) is 3.62. The lowest BCUT2D eigenvalue weighted by Crippen LogP contribution is -1.88. The second-order valence-corrected chi connectivity index (χ2v) is 2.67. The van der Waals surface area contributed by atoms with E-state index in [0.717, 1.165) is 0 Å². The van der Waals surface area contributed by atoms with Crippen molar-refractivity contribution in [3.63, 3.8) is 0 Å². The second-order valence-electron chi connectivity index (χ2n) is 2.67. The number of nitriles is 1. The van der Waals surface area contributed by atoms with E-state index in [1.54, 1.807) is 12.1 Å². The average molecular weight is 163 g/mol.